The van der Waals surface area contributed by atoms with Gasteiger partial charge in [0.15, 0.2) is 0 Å². The Morgan fingerprint density at radius 1 is 0.0965 bits per heavy atom. The van der Waals surface area contributed by atoms with Crippen molar-refractivity contribution in [3.05, 3.63) is 470 Å². The van der Waals surface area contributed by atoms with Gasteiger partial charge in [0.25, 0.3) is 0 Å². The van der Waals surface area contributed by atoms with Gasteiger partial charge in [-0.1, -0.05) is 464 Å². The smallest absolute Gasteiger partial charge is 0.00139 e. The van der Waals surface area contributed by atoms with Crippen LogP contribution in [0.3, 0.4) is 0 Å². The molecular formula is C114H90. The fraction of sp³-hybridized carbons (Fsp3) is 0.0526. The van der Waals surface area contributed by atoms with Gasteiger partial charge in [-0.2, -0.15) is 0 Å². The minimum Gasteiger partial charge on any atom is -0.0622 e. The van der Waals surface area contributed by atoms with Crippen LogP contribution < -0.4 is 0 Å². The molecule has 0 spiro atoms. The summed E-state index contributed by atoms with van der Waals surface area (Å²) < 4.78 is 0. The van der Waals surface area contributed by atoms with E-state index in [1.807, 2.05) is 0 Å². The van der Waals surface area contributed by atoms with E-state index in [1.54, 1.807) is 0 Å². The first-order valence-corrected chi connectivity index (χ1v) is 39.6. The Morgan fingerprint density at radius 3 is 0.421 bits per heavy atom. The lowest BCUT2D eigenvalue weighted by atomic mass is 9.74. The maximum atomic E-state index is 2.41. The Kier molecular flexibility index (Phi) is 22.4. The molecule has 0 bridgehead atoms. The summed E-state index contributed by atoms with van der Waals surface area (Å²) in [7, 11) is 0. The van der Waals surface area contributed by atoms with E-state index in [2.05, 4.69) is 478 Å². The topological polar surface area (TPSA) is 0 Å². The molecule has 0 amide bonds. The third-order valence-electron chi connectivity index (χ3n) is 21.7. The van der Waals surface area contributed by atoms with Gasteiger partial charge in [-0.3, -0.25) is 0 Å². The van der Waals surface area contributed by atoms with Gasteiger partial charge in [-0.05, 0) is 215 Å². The third-order valence-corrected chi connectivity index (χ3v) is 21.7. The molecule has 18 aromatic carbocycles. The predicted molar refractivity (Wildman–Crippen MR) is 489 cm³/mol. The quantitative estimate of drug-likeness (QED) is 0.0960. The highest BCUT2D eigenvalue weighted by molar-refractivity contribution is 6.15. The zero-order valence-corrected chi connectivity index (χ0v) is 65.6. The van der Waals surface area contributed by atoms with E-state index < -0.39 is 0 Å². The summed E-state index contributed by atoms with van der Waals surface area (Å²) in [6.07, 6.45) is 0. The molecule has 0 N–H and O–H groups in total. The number of rotatable bonds is 15. The van der Waals surface area contributed by atoms with E-state index in [1.165, 1.54) is 200 Å². The maximum absolute atomic E-state index is 2.41. The Hall–Kier alpha value is -14.0. The van der Waals surface area contributed by atoms with Gasteiger partial charge in [0.1, 0.15) is 0 Å². The van der Waals surface area contributed by atoms with Crippen LogP contribution in [0.15, 0.2) is 437 Å². The summed E-state index contributed by atoms with van der Waals surface area (Å²) in [5.41, 5.74) is 44.6. The van der Waals surface area contributed by atoms with Crippen molar-refractivity contribution in [1.29, 1.82) is 0 Å². The van der Waals surface area contributed by atoms with Crippen molar-refractivity contribution in [2.45, 2.75) is 41.5 Å². The molecule has 0 heterocycles. The van der Waals surface area contributed by atoms with Crippen LogP contribution >= 0.6 is 0 Å². The molecule has 18 aromatic rings. The summed E-state index contributed by atoms with van der Waals surface area (Å²) in [5.74, 6) is 0. The third kappa shape index (κ3) is 16.1. The lowest BCUT2D eigenvalue weighted by molar-refractivity contribution is 1.45. The van der Waals surface area contributed by atoms with Crippen LogP contribution in [-0.2, 0) is 0 Å². The van der Waals surface area contributed by atoms with Gasteiger partial charge in [0.2, 0.25) is 0 Å². The second-order valence-electron chi connectivity index (χ2n) is 29.7. The standard InChI is InChI=1S/C44H34.C38H30.C32H26/c1-31-23-27-37(28-24-31)43-39(33-15-7-3-8-16-33)41(35-19-11-5-12-20-35)44(38-29-25-32(2)26-30-38)42(36-21-13-6-14-22-36)40(43)34-17-9-4-10-18-34;1-27-18-22-30(23-19-27)35-26-34(29-12-6-3-7-13-29)37(33-24-20-28(2)21-25-33)38(32-16-10-5-11-17-32)36(35)31-14-8-4-9-15-31;1-23-13-17-25(18-14-23)29-21-22-30(26-19-15-24(2)16-20-26)32(28-11-7-4-8-12-28)31(29)27-9-5-3-6-10-27/h3-30H,1-2H3;3-26H,1-2H3;3-22H,1-2H3. The van der Waals surface area contributed by atoms with Gasteiger partial charge in [-0.25, -0.2) is 0 Å². The van der Waals surface area contributed by atoms with Crippen LogP contribution in [0.5, 0.6) is 0 Å². The zero-order valence-electron chi connectivity index (χ0n) is 65.6. The molecule has 546 valence electrons. The lowest BCUT2D eigenvalue weighted by Crippen LogP contribution is -2.02. The van der Waals surface area contributed by atoms with Crippen molar-refractivity contribution in [1.82, 2.24) is 0 Å². The van der Waals surface area contributed by atoms with Gasteiger partial charge < -0.3 is 0 Å². The minimum atomic E-state index is 1.20. The van der Waals surface area contributed by atoms with Crippen molar-refractivity contribution in [2.24, 2.45) is 0 Å². The molecule has 0 radical (unpaired) electrons. The highest BCUT2D eigenvalue weighted by Gasteiger charge is 2.30. The van der Waals surface area contributed by atoms with Crippen molar-refractivity contribution in [3.8, 4) is 167 Å². The molecule has 0 fully saturated rings. The van der Waals surface area contributed by atoms with E-state index in [4.69, 9.17) is 0 Å². The number of benzene rings is 18. The van der Waals surface area contributed by atoms with Crippen molar-refractivity contribution >= 4 is 0 Å². The molecule has 0 aliphatic rings. The molecule has 0 nitrogen and oxygen atoms in total. The monoisotopic (exact) mass is 1460 g/mol. The average molecular weight is 1460 g/mol. The Labute approximate surface area is 674 Å². The summed E-state index contributed by atoms with van der Waals surface area (Å²) in [6.45, 7) is 12.9. The first-order valence-electron chi connectivity index (χ1n) is 39.6. The molecule has 114 heavy (non-hydrogen) atoms. The summed E-state index contributed by atoms with van der Waals surface area (Å²) in [5, 5.41) is 0. The summed E-state index contributed by atoms with van der Waals surface area (Å²) in [6, 6.07) is 158. The molecule has 0 atom stereocenters. The normalized spacial score (nSPS) is 10.9. The SMILES string of the molecule is Cc1ccc(-c2c(-c3ccccc3)c(-c3ccccc3)c(-c3ccc(C)cc3)c(-c3ccccc3)c2-c2ccccc2)cc1.Cc1ccc(-c2cc(-c3ccccc3)c(-c3ccc(C)cc3)c(-c3ccccc3)c2-c2ccccc2)cc1.Cc1ccc(-c2ccc(-c3ccc(C)cc3)c(-c3ccccc3)c2-c2ccccc2)cc1. The van der Waals surface area contributed by atoms with Crippen LogP contribution in [0.1, 0.15) is 33.4 Å². The molecule has 0 aliphatic carbocycles. The first-order chi connectivity index (χ1) is 56.1. The van der Waals surface area contributed by atoms with Crippen LogP contribution in [0.4, 0.5) is 0 Å². The van der Waals surface area contributed by atoms with Gasteiger partial charge in [-0.15, -0.1) is 0 Å². The Bertz CT molecular complexity index is 5860. The second kappa shape index (κ2) is 34.5. The molecule has 0 unspecified atom stereocenters. The second-order valence-corrected chi connectivity index (χ2v) is 29.7. The molecule has 0 saturated carbocycles. The molecule has 0 heteroatoms. The fourth-order valence-corrected chi connectivity index (χ4v) is 16.0. The van der Waals surface area contributed by atoms with Crippen molar-refractivity contribution < 1.29 is 0 Å². The minimum absolute atomic E-state index is 1.20. The Morgan fingerprint density at radius 2 is 0.219 bits per heavy atom. The number of aryl methyl sites for hydroxylation is 6. The average Bonchev–Trinajstić information content (AvgIpc) is 0.720. The number of hydrogen-bond donors (Lipinski definition) is 0. The highest BCUT2D eigenvalue weighted by Crippen LogP contribution is 2.57. The van der Waals surface area contributed by atoms with E-state index in [0.717, 1.165) is 0 Å². The van der Waals surface area contributed by atoms with Gasteiger partial charge >= 0.3 is 0 Å². The van der Waals surface area contributed by atoms with E-state index in [9.17, 15) is 0 Å². The Balaban J connectivity index is 0.000000130. The molecule has 0 saturated heterocycles. The first kappa shape index (κ1) is 74.1. The number of hydrogen-bond acceptors (Lipinski definition) is 0. The zero-order chi connectivity index (χ0) is 77.7. The molecule has 0 aliphatic heterocycles. The van der Waals surface area contributed by atoms with E-state index >= 15 is 0 Å². The molecule has 18 rings (SSSR count). The lowest BCUT2D eigenvalue weighted by Gasteiger charge is -2.29. The fourth-order valence-electron chi connectivity index (χ4n) is 16.0. The van der Waals surface area contributed by atoms with Gasteiger partial charge in [0, 0.05) is 0 Å². The van der Waals surface area contributed by atoms with Crippen LogP contribution in [0.25, 0.3) is 167 Å². The van der Waals surface area contributed by atoms with Crippen LogP contribution in [0, 0.1) is 41.5 Å². The maximum Gasteiger partial charge on any atom is -0.00139 e. The largest absolute Gasteiger partial charge is 0.0622 e. The van der Waals surface area contributed by atoms with Crippen LogP contribution in [-0.4, -0.2) is 0 Å². The predicted octanol–water partition coefficient (Wildman–Crippen LogP) is 31.9. The van der Waals surface area contributed by atoms with E-state index in [-0.39, 0.29) is 0 Å². The molecular weight excluding hydrogens is 1370 g/mol. The summed E-state index contributed by atoms with van der Waals surface area (Å²) >= 11 is 0. The van der Waals surface area contributed by atoms with Crippen molar-refractivity contribution in [3.63, 3.8) is 0 Å². The van der Waals surface area contributed by atoms with Crippen molar-refractivity contribution in [2.75, 3.05) is 0 Å². The summed E-state index contributed by atoms with van der Waals surface area (Å²) in [4.78, 5) is 0. The highest BCUT2D eigenvalue weighted by atomic mass is 14.3. The van der Waals surface area contributed by atoms with Gasteiger partial charge in [0.05, 0.1) is 0 Å². The molecule has 0 aromatic heterocycles. The van der Waals surface area contributed by atoms with Crippen LogP contribution in [0.2, 0.25) is 0 Å². The van der Waals surface area contributed by atoms with E-state index in [0.29, 0.717) is 0 Å².